The molecule has 5 nitrogen and oxygen atoms in total. The predicted octanol–water partition coefficient (Wildman–Crippen LogP) is 4.00. The molecule has 0 saturated carbocycles. The maximum atomic E-state index is 12.8. The highest BCUT2D eigenvalue weighted by Crippen LogP contribution is 2.35. The Morgan fingerprint density at radius 1 is 0.920 bits per heavy atom. The van der Waals surface area contributed by atoms with Crippen LogP contribution in [0.1, 0.15) is 29.2 Å². The zero-order valence-corrected chi connectivity index (χ0v) is 15.2. The maximum Gasteiger partial charge on any atom is 0.299 e. The third-order valence-corrected chi connectivity index (χ3v) is 4.86. The molecule has 25 heavy (non-hydrogen) atoms. The normalized spacial score (nSPS) is 15.9. The second kappa shape index (κ2) is 6.16. The van der Waals surface area contributed by atoms with Gasteiger partial charge in [0.25, 0.3) is 5.91 Å². The number of amides is 1. The first-order chi connectivity index (χ1) is 11.8. The lowest BCUT2D eigenvalue weighted by Crippen LogP contribution is -2.27. The largest absolute Gasteiger partial charge is 0.398 e. The quantitative estimate of drug-likeness (QED) is 0.843. The summed E-state index contributed by atoms with van der Waals surface area (Å²) in [6.45, 7) is 9.74. The molecule has 1 aliphatic heterocycles. The Morgan fingerprint density at radius 3 is 2.04 bits per heavy atom. The Bertz CT molecular complexity index is 897. The number of hydrogen-bond acceptors (Lipinski definition) is 4. The lowest BCUT2D eigenvalue weighted by molar-refractivity contribution is -0.112. The van der Waals surface area contributed by atoms with Gasteiger partial charge < -0.3 is 5.73 Å². The number of nitrogens with two attached hydrogens (primary N) is 1. The Balaban J connectivity index is 2.10. The van der Waals surface area contributed by atoms with Gasteiger partial charge in [-0.15, -0.1) is 0 Å². The summed E-state index contributed by atoms with van der Waals surface area (Å²) >= 11 is 0. The van der Waals surface area contributed by atoms with E-state index >= 15 is 0 Å². The van der Waals surface area contributed by atoms with Crippen molar-refractivity contribution < 1.29 is 4.79 Å². The van der Waals surface area contributed by atoms with E-state index in [0.29, 0.717) is 11.4 Å². The average Bonchev–Trinajstić information content (AvgIpc) is 2.90. The summed E-state index contributed by atoms with van der Waals surface area (Å²) in [6.07, 6.45) is 0. The fraction of sp³-hybridized carbons (Fsp3) is 0.250. The van der Waals surface area contributed by atoms with Crippen LogP contribution in [0.2, 0.25) is 0 Å². The van der Waals surface area contributed by atoms with Gasteiger partial charge in [-0.3, -0.25) is 4.79 Å². The van der Waals surface area contributed by atoms with Gasteiger partial charge in [-0.2, -0.15) is 10.1 Å². The zero-order valence-electron chi connectivity index (χ0n) is 15.2. The molecule has 3 rings (SSSR count). The fourth-order valence-corrected chi connectivity index (χ4v) is 2.97. The van der Waals surface area contributed by atoms with Crippen LogP contribution in [0.25, 0.3) is 0 Å². The summed E-state index contributed by atoms with van der Waals surface area (Å²) in [6, 6.07) is 9.37. The van der Waals surface area contributed by atoms with E-state index in [2.05, 4.69) is 5.10 Å². The van der Waals surface area contributed by atoms with Crippen molar-refractivity contribution in [3.8, 4) is 0 Å². The fourth-order valence-electron chi connectivity index (χ4n) is 2.97. The second-order valence-corrected chi connectivity index (χ2v) is 6.36. The molecule has 1 aliphatic rings. The first-order valence-corrected chi connectivity index (χ1v) is 8.22. The third kappa shape index (κ3) is 2.71. The lowest BCUT2D eigenvalue weighted by Gasteiger charge is -2.16. The van der Waals surface area contributed by atoms with Crippen LogP contribution in [0, 0.1) is 27.7 Å². The van der Waals surface area contributed by atoms with Crippen molar-refractivity contribution in [1.82, 2.24) is 0 Å². The molecular weight excluding hydrogens is 312 g/mol. The summed E-state index contributed by atoms with van der Waals surface area (Å²) in [4.78, 5) is 17.5. The van der Waals surface area contributed by atoms with Crippen LogP contribution in [-0.2, 0) is 4.79 Å². The number of nitrogen functional groups attached to an aromatic ring is 1. The molecule has 0 spiro atoms. The topological polar surface area (TPSA) is 71.0 Å². The highest BCUT2D eigenvalue weighted by molar-refractivity contribution is 6.71. The molecule has 0 aromatic heterocycles. The van der Waals surface area contributed by atoms with Crippen LogP contribution in [-0.4, -0.2) is 17.3 Å². The van der Waals surface area contributed by atoms with Crippen molar-refractivity contribution in [3.05, 3.63) is 52.6 Å². The number of aliphatic imine (C=N–C) groups is 1. The summed E-state index contributed by atoms with van der Waals surface area (Å²) in [5, 5.41) is 5.78. The summed E-state index contributed by atoms with van der Waals surface area (Å²) in [5.74, 6) is -0.213. The molecule has 1 heterocycles. The van der Waals surface area contributed by atoms with Crippen LogP contribution in [0.5, 0.6) is 0 Å². The highest BCUT2D eigenvalue weighted by atomic mass is 16.2. The van der Waals surface area contributed by atoms with E-state index in [1.807, 2.05) is 58.0 Å². The van der Waals surface area contributed by atoms with E-state index in [4.69, 9.17) is 10.7 Å². The molecule has 2 aromatic rings. The Hall–Kier alpha value is -2.95. The summed E-state index contributed by atoms with van der Waals surface area (Å²) < 4.78 is 0. The van der Waals surface area contributed by atoms with E-state index in [9.17, 15) is 4.79 Å². The molecule has 0 atom stereocenters. The minimum absolute atomic E-state index is 0.213. The van der Waals surface area contributed by atoms with E-state index < -0.39 is 0 Å². The zero-order chi connectivity index (χ0) is 18.3. The van der Waals surface area contributed by atoms with E-state index in [0.717, 1.165) is 39.3 Å². The average molecular weight is 334 g/mol. The molecule has 5 heteroatoms. The number of benzene rings is 2. The molecule has 1 amide bonds. The van der Waals surface area contributed by atoms with Crippen molar-refractivity contribution in [2.75, 3.05) is 10.7 Å². The van der Waals surface area contributed by atoms with Gasteiger partial charge in [0.15, 0.2) is 5.71 Å². The molecular formula is C20H22N4O. The van der Waals surface area contributed by atoms with Gasteiger partial charge in [-0.25, -0.2) is 4.99 Å². The van der Waals surface area contributed by atoms with Crippen molar-refractivity contribution >= 4 is 34.4 Å². The maximum absolute atomic E-state index is 12.8. The van der Waals surface area contributed by atoms with Gasteiger partial charge in [-0.05, 0) is 69.0 Å². The Morgan fingerprint density at radius 2 is 1.48 bits per heavy atom. The predicted molar refractivity (Wildman–Crippen MR) is 104 cm³/mol. The van der Waals surface area contributed by atoms with E-state index in [1.54, 1.807) is 6.92 Å². The lowest BCUT2D eigenvalue weighted by atomic mass is 9.96. The molecule has 0 aliphatic carbocycles. The molecule has 0 saturated heterocycles. The van der Waals surface area contributed by atoms with Crippen molar-refractivity contribution in [2.24, 2.45) is 10.1 Å². The van der Waals surface area contributed by atoms with Gasteiger partial charge in [-0.1, -0.05) is 18.2 Å². The minimum atomic E-state index is -0.213. The third-order valence-electron chi connectivity index (χ3n) is 4.86. The molecule has 0 unspecified atom stereocenters. The monoisotopic (exact) mass is 334 g/mol. The number of rotatable bonds is 2. The van der Waals surface area contributed by atoms with Crippen LogP contribution in [0.3, 0.4) is 0 Å². The van der Waals surface area contributed by atoms with Gasteiger partial charge in [0, 0.05) is 5.69 Å². The SMILES string of the molecule is CC1=NN(c2ccccc2)C(=O)C1=Nc1c(C)c(C)c(N)c(C)c1C. The molecule has 0 fully saturated rings. The standard InChI is InChI=1S/C20H22N4O/c1-11-13(3)18(14(4)12(2)17(11)21)22-19-15(5)23-24(20(19)25)16-9-7-6-8-10-16/h6-10H,21H2,1-5H3. The Kier molecular flexibility index (Phi) is 4.17. The highest BCUT2D eigenvalue weighted by Gasteiger charge is 2.31. The van der Waals surface area contributed by atoms with Crippen molar-refractivity contribution in [3.63, 3.8) is 0 Å². The molecule has 2 aromatic carbocycles. The smallest absolute Gasteiger partial charge is 0.299 e. The number of nitrogens with zero attached hydrogens (tertiary/aromatic N) is 3. The second-order valence-electron chi connectivity index (χ2n) is 6.36. The summed E-state index contributed by atoms with van der Waals surface area (Å²) in [7, 11) is 0. The first-order valence-electron chi connectivity index (χ1n) is 8.22. The van der Waals surface area contributed by atoms with Gasteiger partial charge in [0.2, 0.25) is 0 Å². The van der Waals surface area contributed by atoms with E-state index in [1.165, 1.54) is 5.01 Å². The number of hydrazone groups is 1. The van der Waals surface area contributed by atoms with Crippen LogP contribution in [0.15, 0.2) is 40.4 Å². The van der Waals surface area contributed by atoms with Crippen molar-refractivity contribution in [1.29, 1.82) is 0 Å². The van der Waals surface area contributed by atoms with Crippen LogP contribution < -0.4 is 10.7 Å². The number of carbonyl (C=O) groups is 1. The van der Waals surface area contributed by atoms with Gasteiger partial charge in [0.1, 0.15) is 0 Å². The minimum Gasteiger partial charge on any atom is -0.398 e. The van der Waals surface area contributed by atoms with Crippen molar-refractivity contribution in [2.45, 2.75) is 34.6 Å². The number of hydrogen-bond donors (Lipinski definition) is 1. The number of para-hydroxylation sites is 1. The molecule has 128 valence electrons. The van der Waals surface area contributed by atoms with E-state index in [-0.39, 0.29) is 5.91 Å². The van der Waals surface area contributed by atoms with Crippen LogP contribution >= 0.6 is 0 Å². The van der Waals surface area contributed by atoms with Gasteiger partial charge in [0.05, 0.1) is 17.1 Å². The number of anilines is 2. The van der Waals surface area contributed by atoms with Gasteiger partial charge >= 0.3 is 0 Å². The number of carbonyl (C=O) groups excluding carboxylic acids is 1. The Labute approximate surface area is 147 Å². The summed E-state index contributed by atoms with van der Waals surface area (Å²) in [5.41, 5.74) is 13.5. The molecule has 0 bridgehead atoms. The molecule has 2 N–H and O–H groups in total. The van der Waals surface area contributed by atoms with Crippen LogP contribution in [0.4, 0.5) is 17.1 Å². The molecule has 0 radical (unpaired) electrons. The first kappa shape index (κ1) is 16.9.